The molecular weight excluding hydrogens is 279 g/mol. The van der Waals surface area contributed by atoms with Gasteiger partial charge in [0.2, 0.25) is 0 Å². The van der Waals surface area contributed by atoms with Gasteiger partial charge in [-0.05, 0) is 31.5 Å². The van der Waals surface area contributed by atoms with Gasteiger partial charge < -0.3 is 5.32 Å². The van der Waals surface area contributed by atoms with Crippen molar-refractivity contribution in [2.24, 2.45) is 0 Å². The molecule has 1 aromatic rings. The SMILES string of the molecule is ClC=C(Cl)CNC1CCN(Cc2ccccc2)CC1. The molecule has 2 nitrogen and oxygen atoms in total. The van der Waals surface area contributed by atoms with Crippen LogP contribution in [0.3, 0.4) is 0 Å². The molecule has 0 aromatic heterocycles. The predicted octanol–water partition coefficient (Wildman–Crippen LogP) is 3.56. The summed E-state index contributed by atoms with van der Waals surface area (Å²) in [4.78, 5) is 2.51. The summed E-state index contributed by atoms with van der Waals surface area (Å²) in [5, 5.41) is 4.12. The largest absolute Gasteiger partial charge is 0.309 e. The second-order valence-corrected chi connectivity index (χ2v) is 5.68. The summed E-state index contributed by atoms with van der Waals surface area (Å²) in [5.74, 6) is 0. The van der Waals surface area contributed by atoms with Crippen molar-refractivity contribution in [3.05, 3.63) is 46.5 Å². The van der Waals surface area contributed by atoms with Crippen LogP contribution in [-0.2, 0) is 6.54 Å². The zero-order valence-corrected chi connectivity index (χ0v) is 12.5. The van der Waals surface area contributed by atoms with E-state index in [0.29, 0.717) is 17.6 Å². The highest BCUT2D eigenvalue weighted by atomic mass is 35.5. The normalized spacial score (nSPS) is 18.7. The standard InChI is InChI=1S/C15H20Cl2N2/c16-10-14(17)11-18-15-6-8-19(9-7-15)12-13-4-2-1-3-5-13/h1-5,10,15,18H,6-9,11-12H2. The van der Waals surface area contributed by atoms with Crippen molar-refractivity contribution in [1.29, 1.82) is 0 Å². The summed E-state index contributed by atoms with van der Waals surface area (Å²) < 4.78 is 0. The molecule has 0 amide bonds. The van der Waals surface area contributed by atoms with Crippen LogP contribution >= 0.6 is 23.2 Å². The van der Waals surface area contributed by atoms with Gasteiger partial charge in [0.25, 0.3) is 0 Å². The van der Waals surface area contributed by atoms with Crippen molar-refractivity contribution in [2.75, 3.05) is 19.6 Å². The molecule has 0 bridgehead atoms. The lowest BCUT2D eigenvalue weighted by atomic mass is 10.0. The Balaban J connectivity index is 1.71. The van der Waals surface area contributed by atoms with E-state index in [4.69, 9.17) is 23.2 Å². The minimum Gasteiger partial charge on any atom is -0.309 e. The molecule has 0 spiro atoms. The van der Waals surface area contributed by atoms with Gasteiger partial charge in [-0.3, -0.25) is 4.90 Å². The van der Waals surface area contributed by atoms with Gasteiger partial charge >= 0.3 is 0 Å². The second-order valence-electron chi connectivity index (χ2n) is 4.97. The molecule has 1 heterocycles. The van der Waals surface area contributed by atoms with Crippen LogP contribution in [0.4, 0.5) is 0 Å². The van der Waals surface area contributed by atoms with E-state index in [1.807, 2.05) is 0 Å². The Morgan fingerprint density at radius 3 is 2.58 bits per heavy atom. The van der Waals surface area contributed by atoms with Gasteiger partial charge in [-0.15, -0.1) is 0 Å². The van der Waals surface area contributed by atoms with Crippen LogP contribution in [0.1, 0.15) is 18.4 Å². The molecular formula is C15H20Cl2N2. The third-order valence-electron chi connectivity index (χ3n) is 3.51. The summed E-state index contributed by atoms with van der Waals surface area (Å²) >= 11 is 11.4. The summed E-state index contributed by atoms with van der Waals surface area (Å²) in [6.45, 7) is 3.99. The van der Waals surface area contributed by atoms with Gasteiger partial charge in [0.05, 0.1) is 0 Å². The molecule has 1 aliphatic rings. The highest BCUT2D eigenvalue weighted by molar-refractivity contribution is 6.36. The zero-order chi connectivity index (χ0) is 13.5. The summed E-state index contributed by atoms with van der Waals surface area (Å²) in [6.07, 6.45) is 2.33. The fraction of sp³-hybridized carbons (Fsp3) is 0.467. The van der Waals surface area contributed by atoms with E-state index in [1.165, 1.54) is 23.9 Å². The lowest BCUT2D eigenvalue weighted by Crippen LogP contribution is -2.42. The maximum absolute atomic E-state index is 5.88. The number of nitrogens with zero attached hydrogens (tertiary/aromatic N) is 1. The third-order valence-corrected chi connectivity index (χ3v) is 4.13. The van der Waals surface area contributed by atoms with Crippen molar-refractivity contribution in [1.82, 2.24) is 10.2 Å². The number of hydrogen-bond acceptors (Lipinski definition) is 2. The average molecular weight is 299 g/mol. The fourth-order valence-corrected chi connectivity index (χ4v) is 2.57. The molecule has 19 heavy (non-hydrogen) atoms. The highest BCUT2D eigenvalue weighted by Gasteiger charge is 2.18. The maximum atomic E-state index is 5.88. The Bertz CT molecular complexity index is 398. The Hall–Kier alpha value is -0.540. The molecule has 1 aromatic carbocycles. The van der Waals surface area contributed by atoms with Crippen molar-refractivity contribution in [3.8, 4) is 0 Å². The molecule has 0 aliphatic carbocycles. The molecule has 0 atom stereocenters. The van der Waals surface area contributed by atoms with E-state index in [9.17, 15) is 0 Å². The molecule has 0 unspecified atom stereocenters. The zero-order valence-electron chi connectivity index (χ0n) is 11.0. The molecule has 104 valence electrons. The van der Waals surface area contributed by atoms with E-state index in [-0.39, 0.29) is 0 Å². The summed E-state index contributed by atoms with van der Waals surface area (Å²) in [5.41, 5.74) is 2.82. The van der Waals surface area contributed by atoms with Gasteiger partial charge in [-0.2, -0.15) is 0 Å². The van der Waals surface area contributed by atoms with Gasteiger partial charge in [0.1, 0.15) is 0 Å². The van der Waals surface area contributed by atoms with Gasteiger partial charge in [0, 0.05) is 29.7 Å². The molecule has 1 saturated heterocycles. The monoisotopic (exact) mass is 298 g/mol. The lowest BCUT2D eigenvalue weighted by Gasteiger charge is -2.32. The van der Waals surface area contributed by atoms with Crippen LogP contribution in [0.2, 0.25) is 0 Å². The van der Waals surface area contributed by atoms with E-state index in [2.05, 4.69) is 40.5 Å². The van der Waals surface area contributed by atoms with Crippen LogP contribution in [0.25, 0.3) is 0 Å². The summed E-state index contributed by atoms with van der Waals surface area (Å²) in [7, 11) is 0. The van der Waals surface area contributed by atoms with Gasteiger partial charge in [-0.25, -0.2) is 0 Å². The number of rotatable bonds is 5. The minimum atomic E-state index is 0.553. The maximum Gasteiger partial charge on any atom is 0.0431 e. The van der Waals surface area contributed by atoms with Crippen molar-refractivity contribution >= 4 is 23.2 Å². The molecule has 4 heteroatoms. The Morgan fingerprint density at radius 2 is 1.95 bits per heavy atom. The molecule has 1 N–H and O–H groups in total. The fourth-order valence-electron chi connectivity index (χ4n) is 2.42. The van der Waals surface area contributed by atoms with Gasteiger partial charge in [-0.1, -0.05) is 53.5 Å². The molecule has 0 radical (unpaired) electrons. The van der Waals surface area contributed by atoms with Crippen LogP contribution in [0.5, 0.6) is 0 Å². The first-order valence-electron chi connectivity index (χ1n) is 6.72. The molecule has 1 aliphatic heterocycles. The predicted molar refractivity (Wildman–Crippen MR) is 82.5 cm³/mol. The van der Waals surface area contributed by atoms with Gasteiger partial charge in [0.15, 0.2) is 0 Å². The number of benzene rings is 1. The molecule has 2 rings (SSSR count). The lowest BCUT2D eigenvalue weighted by molar-refractivity contribution is 0.192. The number of likely N-dealkylation sites (tertiary alicyclic amines) is 1. The first kappa shape index (κ1) is 14.9. The van der Waals surface area contributed by atoms with E-state index < -0.39 is 0 Å². The second kappa shape index (κ2) is 7.91. The van der Waals surface area contributed by atoms with Crippen LogP contribution in [-0.4, -0.2) is 30.6 Å². The highest BCUT2D eigenvalue weighted by Crippen LogP contribution is 2.14. The first-order chi connectivity index (χ1) is 9.28. The smallest absolute Gasteiger partial charge is 0.0431 e. The van der Waals surface area contributed by atoms with Crippen molar-refractivity contribution in [3.63, 3.8) is 0 Å². The van der Waals surface area contributed by atoms with E-state index in [1.54, 1.807) is 0 Å². The van der Waals surface area contributed by atoms with Crippen molar-refractivity contribution in [2.45, 2.75) is 25.4 Å². The number of halogens is 2. The van der Waals surface area contributed by atoms with E-state index in [0.717, 1.165) is 19.6 Å². The average Bonchev–Trinajstić information content (AvgIpc) is 2.47. The topological polar surface area (TPSA) is 15.3 Å². The molecule has 0 saturated carbocycles. The number of nitrogens with one attached hydrogen (secondary N) is 1. The minimum absolute atomic E-state index is 0.553. The number of piperidine rings is 1. The van der Waals surface area contributed by atoms with Crippen LogP contribution in [0, 0.1) is 0 Å². The van der Waals surface area contributed by atoms with E-state index >= 15 is 0 Å². The molecule has 1 fully saturated rings. The quantitative estimate of drug-likeness (QED) is 0.894. The van der Waals surface area contributed by atoms with Crippen LogP contribution < -0.4 is 5.32 Å². The Morgan fingerprint density at radius 1 is 1.26 bits per heavy atom. The first-order valence-corrected chi connectivity index (χ1v) is 7.54. The van der Waals surface area contributed by atoms with Crippen molar-refractivity contribution < 1.29 is 0 Å². The Labute approximate surface area is 125 Å². The Kier molecular flexibility index (Phi) is 6.18. The third kappa shape index (κ3) is 5.15. The number of hydrogen-bond donors (Lipinski definition) is 1. The van der Waals surface area contributed by atoms with Crippen LogP contribution in [0.15, 0.2) is 40.9 Å². The summed E-state index contributed by atoms with van der Waals surface area (Å²) in [6, 6.07) is 11.2.